The first-order chi connectivity index (χ1) is 9.24. The lowest BCUT2D eigenvalue weighted by molar-refractivity contribution is 0.303. The Balaban J connectivity index is 2.24. The zero-order valence-electron chi connectivity index (χ0n) is 11.2. The van der Waals surface area contributed by atoms with E-state index in [-0.39, 0.29) is 6.61 Å². The molecule has 0 bridgehead atoms. The third-order valence-electron chi connectivity index (χ3n) is 3.16. The molecule has 1 saturated heterocycles. The van der Waals surface area contributed by atoms with Crippen LogP contribution in [0, 0.1) is 0 Å². The van der Waals surface area contributed by atoms with Gasteiger partial charge in [-0.2, -0.15) is 15.0 Å². The number of nitrogens with zero attached hydrogens (tertiary/aromatic N) is 5. The second kappa shape index (κ2) is 6.48. The number of hydrazine groups is 1. The lowest BCUT2D eigenvalue weighted by Gasteiger charge is -2.27. The van der Waals surface area contributed by atoms with Crippen molar-refractivity contribution in [2.45, 2.75) is 19.3 Å². The highest BCUT2D eigenvalue weighted by Crippen LogP contribution is 2.19. The Labute approximate surface area is 112 Å². The number of aliphatic hydroxyl groups is 1. The average Bonchev–Trinajstić information content (AvgIpc) is 2.48. The van der Waals surface area contributed by atoms with Crippen LogP contribution in [-0.4, -0.2) is 53.3 Å². The molecule has 0 amide bonds. The van der Waals surface area contributed by atoms with Gasteiger partial charge in [-0.05, 0) is 19.3 Å². The van der Waals surface area contributed by atoms with Crippen LogP contribution in [0.25, 0.3) is 0 Å². The normalized spacial score (nSPS) is 15.4. The van der Waals surface area contributed by atoms with Crippen LogP contribution in [0.4, 0.5) is 17.8 Å². The summed E-state index contributed by atoms with van der Waals surface area (Å²) >= 11 is 0. The van der Waals surface area contributed by atoms with E-state index in [0.717, 1.165) is 25.9 Å². The maximum absolute atomic E-state index is 8.98. The van der Waals surface area contributed by atoms with E-state index in [9.17, 15) is 0 Å². The first-order valence-corrected chi connectivity index (χ1v) is 6.54. The van der Waals surface area contributed by atoms with Crippen molar-refractivity contribution in [1.29, 1.82) is 0 Å². The number of aromatic nitrogens is 3. The molecule has 1 aliphatic heterocycles. The van der Waals surface area contributed by atoms with Crippen LogP contribution in [0.1, 0.15) is 19.3 Å². The van der Waals surface area contributed by atoms with Gasteiger partial charge >= 0.3 is 0 Å². The molecule has 19 heavy (non-hydrogen) atoms. The highest BCUT2D eigenvalue weighted by molar-refractivity contribution is 5.44. The van der Waals surface area contributed by atoms with Gasteiger partial charge in [-0.1, -0.05) is 0 Å². The number of nitrogen functional groups attached to an aromatic ring is 1. The van der Waals surface area contributed by atoms with E-state index in [2.05, 4.69) is 25.3 Å². The van der Waals surface area contributed by atoms with Crippen LogP contribution < -0.4 is 21.1 Å². The van der Waals surface area contributed by atoms with Crippen LogP contribution in [-0.2, 0) is 0 Å². The molecule has 0 unspecified atom stereocenters. The number of rotatable bonds is 5. The van der Waals surface area contributed by atoms with Crippen LogP contribution in [0.5, 0.6) is 0 Å². The molecule has 1 aromatic rings. The van der Waals surface area contributed by atoms with Gasteiger partial charge < -0.3 is 14.9 Å². The number of hydrogen-bond acceptors (Lipinski definition) is 8. The molecule has 0 aliphatic carbocycles. The maximum Gasteiger partial charge on any atom is 0.243 e. The Morgan fingerprint density at radius 1 is 1.26 bits per heavy atom. The highest BCUT2D eigenvalue weighted by Gasteiger charge is 2.17. The average molecular weight is 267 g/mol. The molecule has 4 N–H and O–H groups in total. The Morgan fingerprint density at radius 3 is 2.63 bits per heavy atom. The summed E-state index contributed by atoms with van der Waals surface area (Å²) in [5.74, 6) is 6.90. The quantitative estimate of drug-likeness (QED) is 0.488. The van der Waals surface area contributed by atoms with Gasteiger partial charge in [-0.3, -0.25) is 5.43 Å². The van der Waals surface area contributed by atoms with Crippen molar-refractivity contribution in [2.24, 2.45) is 5.84 Å². The summed E-state index contributed by atoms with van der Waals surface area (Å²) in [4.78, 5) is 16.9. The predicted octanol–water partition coefficient (Wildman–Crippen LogP) is -0.424. The van der Waals surface area contributed by atoms with Gasteiger partial charge in [0.2, 0.25) is 17.8 Å². The summed E-state index contributed by atoms with van der Waals surface area (Å²) in [6.45, 7) is 2.43. The molecule has 8 nitrogen and oxygen atoms in total. The molecule has 1 aromatic heterocycles. The minimum Gasteiger partial charge on any atom is -0.395 e. The smallest absolute Gasteiger partial charge is 0.243 e. The summed E-state index contributed by atoms with van der Waals surface area (Å²) in [7, 11) is 1.83. The van der Waals surface area contributed by atoms with Gasteiger partial charge in [0.15, 0.2) is 0 Å². The number of nitrogens with one attached hydrogen (secondary N) is 1. The fourth-order valence-electron chi connectivity index (χ4n) is 2.07. The number of hydrogen-bond donors (Lipinski definition) is 3. The van der Waals surface area contributed by atoms with Crippen LogP contribution in [0.15, 0.2) is 0 Å². The van der Waals surface area contributed by atoms with Gasteiger partial charge in [0.1, 0.15) is 0 Å². The fraction of sp³-hybridized carbons (Fsp3) is 0.727. The van der Waals surface area contributed by atoms with Crippen molar-refractivity contribution < 1.29 is 5.11 Å². The molecule has 2 heterocycles. The van der Waals surface area contributed by atoms with Crippen LogP contribution in [0.3, 0.4) is 0 Å². The molecule has 1 aliphatic rings. The largest absolute Gasteiger partial charge is 0.395 e. The van der Waals surface area contributed by atoms with E-state index >= 15 is 0 Å². The minimum absolute atomic E-state index is 0.0482. The van der Waals surface area contributed by atoms with Crippen molar-refractivity contribution in [3.8, 4) is 0 Å². The van der Waals surface area contributed by atoms with Crippen LogP contribution >= 0.6 is 0 Å². The number of piperidine rings is 1. The molecular formula is C11H21N7O. The van der Waals surface area contributed by atoms with Gasteiger partial charge in [0.05, 0.1) is 6.61 Å². The van der Waals surface area contributed by atoms with Gasteiger partial charge in [-0.15, -0.1) is 0 Å². The minimum atomic E-state index is 0.0482. The molecule has 0 aromatic carbocycles. The molecule has 0 saturated carbocycles. The van der Waals surface area contributed by atoms with E-state index in [1.807, 2.05) is 7.05 Å². The van der Waals surface area contributed by atoms with Crippen molar-refractivity contribution in [2.75, 3.05) is 48.5 Å². The fourth-order valence-corrected chi connectivity index (χ4v) is 2.07. The summed E-state index contributed by atoms with van der Waals surface area (Å²) < 4.78 is 0. The lowest BCUT2D eigenvalue weighted by Crippen LogP contribution is -2.33. The van der Waals surface area contributed by atoms with Crippen LogP contribution in [0.2, 0.25) is 0 Å². The molecule has 0 spiro atoms. The lowest BCUT2D eigenvalue weighted by atomic mass is 10.1. The first-order valence-electron chi connectivity index (χ1n) is 6.54. The molecule has 0 atom stereocenters. The molecule has 2 rings (SSSR count). The van der Waals surface area contributed by atoms with Gasteiger partial charge in [0, 0.05) is 26.7 Å². The molecule has 1 fully saturated rings. The maximum atomic E-state index is 8.98. The number of aliphatic hydroxyl groups excluding tert-OH is 1. The zero-order valence-corrected chi connectivity index (χ0v) is 11.2. The summed E-state index contributed by atoms with van der Waals surface area (Å²) in [5.41, 5.74) is 2.47. The zero-order chi connectivity index (χ0) is 13.7. The summed E-state index contributed by atoms with van der Waals surface area (Å²) in [6.07, 6.45) is 3.55. The third-order valence-corrected chi connectivity index (χ3v) is 3.16. The Morgan fingerprint density at radius 2 is 2.00 bits per heavy atom. The summed E-state index contributed by atoms with van der Waals surface area (Å²) in [6, 6.07) is 0. The number of likely N-dealkylation sites (N-methyl/N-ethyl adjacent to an activating group) is 1. The second-order valence-electron chi connectivity index (χ2n) is 4.60. The Bertz CT molecular complexity index is 408. The monoisotopic (exact) mass is 267 g/mol. The van der Waals surface area contributed by atoms with Gasteiger partial charge in [0.25, 0.3) is 0 Å². The van der Waals surface area contributed by atoms with Gasteiger partial charge in [-0.25, -0.2) is 5.84 Å². The number of anilines is 3. The van der Waals surface area contributed by atoms with Crippen molar-refractivity contribution in [1.82, 2.24) is 15.0 Å². The Kier molecular flexibility index (Phi) is 4.69. The first kappa shape index (κ1) is 13.8. The van der Waals surface area contributed by atoms with Crippen molar-refractivity contribution in [3.05, 3.63) is 0 Å². The Hall–Kier alpha value is -1.67. The van der Waals surface area contributed by atoms with E-state index in [0.29, 0.717) is 24.4 Å². The molecule has 8 heteroatoms. The second-order valence-corrected chi connectivity index (χ2v) is 4.60. The highest BCUT2D eigenvalue weighted by atomic mass is 16.3. The standard InChI is InChI=1S/C11H21N7O/c1-17(7-8-19)10-13-9(16-12)14-11(15-10)18-5-3-2-4-6-18/h19H,2-8,12H2,1H3,(H,13,14,15,16). The molecule has 0 radical (unpaired) electrons. The van der Waals surface area contributed by atoms with Crippen molar-refractivity contribution in [3.63, 3.8) is 0 Å². The molecular weight excluding hydrogens is 246 g/mol. The van der Waals surface area contributed by atoms with E-state index in [1.54, 1.807) is 4.90 Å². The number of nitrogens with two attached hydrogens (primary N) is 1. The topological polar surface area (TPSA) is 103 Å². The SMILES string of the molecule is CN(CCO)c1nc(NN)nc(N2CCCCC2)n1. The molecule has 106 valence electrons. The predicted molar refractivity (Wildman–Crippen MR) is 74.1 cm³/mol. The van der Waals surface area contributed by atoms with Crippen molar-refractivity contribution >= 4 is 17.8 Å². The van der Waals surface area contributed by atoms with E-state index < -0.39 is 0 Å². The van der Waals surface area contributed by atoms with E-state index in [4.69, 9.17) is 10.9 Å². The van der Waals surface area contributed by atoms with E-state index in [1.165, 1.54) is 6.42 Å². The third kappa shape index (κ3) is 3.42. The summed E-state index contributed by atoms with van der Waals surface area (Å²) in [5, 5.41) is 8.98.